The van der Waals surface area contributed by atoms with E-state index in [1.54, 1.807) is 13.0 Å². The van der Waals surface area contributed by atoms with Crippen molar-refractivity contribution in [3.63, 3.8) is 0 Å². The summed E-state index contributed by atoms with van der Waals surface area (Å²) in [5.41, 5.74) is 19.5. The van der Waals surface area contributed by atoms with E-state index in [1.165, 1.54) is 12.1 Å². The highest BCUT2D eigenvalue weighted by Crippen LogP contribution is 2.17. The number of guanidine groups is 1. The highest BCUT2D eigenvalue weighted by molar-refractivity contribution is 5.92. The molecule has 12 N–H and O–H groups in total. The first-order valence-corrected chi connectivity index (χ1v) is 15.3. The van der Waals surface area contributed by atoms with Gasteiger partial charge in [0.05, 0.1) is 6.04 Å². The van der Waals surface area contributed by atoms with Crippen LogP contribution in [0.25, 0.3) is 0 Å². The number of hydrogen-bond donors (Lipinski definition) is 9. The first-order chi connectivity index (χ1) is 21.5. The molecule has 2 aromatic carbocycles. The number of aryl methyl sites for hydroxylation is 1. The van der Waals surface area contributed by atoms with Crippen LogP contribution < -0.4 is 38.5 Å². The van der Waals surface area contributed by atoms with Gasteiger partial charge in [-0.05, 0) is 81.4 Å². The third-order valence-corrected chi connectivity index (χ3v) is 7.42. The number of carboxylic acid groups (broad SMARTS) is 1. The first-order valence-electron chi connectivity index (χ1n) is 15.3. The number of aliphatic imine (C=N–C) groups is 1. The number of carbonyl (C=O) groups is 3. The van der Waals surface area contributed by atoms with Gasteiger partial charge in [-0.25, -0.2) is 4.79 Å². The van der Waals surface area contributed by atoms with Crippen LogP contribution in [-0.4, -0.2) is 84.8 Å². The Morgan fingerprint density at radius 3 is 2.22 bits per heavy atom. The molecule has 0 radical (unpaired) electrons. The Balaban J connectivity index is 2.20. The van der Waals surface area contributed by atoms with Crippen LogP contribution in [0, 0.1) is 6.92 Å². The van der Waals surface area contributed by atoms with E-state index in [9.17, 15) is 24.6 Å². The summed E-state index contributed by atoms with van der Waals surface area (Å²) in [6.07, 6.45) is 3.62. The summed E-state index contributed by atoms with van der Waals surface area (Å²) in [6.45, 7) is 3.28. The molecule has 0 aliphatic heterocycles. The number of nitrogens with two attached hydrogens (primary N) is 3. The molecule has 0 heterocycles. The number of rotatable bonds is 21. The van der Waals surface area contributed by atoms with E-state index in [-0.39, 0.29) is 37.1 Å². The van der Waals surface area contributed by atoms with Crippen LogP contribution in [0.1, 0.15) is 48.8 Å². The lowest BCUT2D eigenvalue weighted by Gasteiger charge is -2.26. The summed E-state index contributed by atoms with van der Waals surface area (Å²) in [5.74, 6) is -2.32. The number of carboxylic acids is 1. The van der Waals surface area contributed by atoms with Crippen LogP contribution >= 0.6 is 0 Å². The molecule has 0 aliphatic carbocycles. The van der Waals surface area contributed by atoms with Gasteiger partial charge < -0.3 is 48.7 Å². The Bertz CT molecular complexity index is 1240. The van der Waals surface area contributed by atoms with Crippen LogP contribution in [-0.2, 0) is 27.2 Å². The maximum Gasteiger partial charge on any atom is 0.326 e. The van der Waals surface area contributed by atoms with Crippen molar-refractivity contribution in [1.29, 1.82) is 0 Å². The van der Waals surface area contributed by atoms with E-state index < -0.39 is 35.9 Å². The molecule has 0 aliphatic rings. The van der Waals surface area contributed by atoms with Gasteiger partial charge in [-0.3, -0.25) is 14.6 Å². The Kier molecular flexibility index (Phi) is 16.4. The summed E-state index contributed by atoms with van der Waals surface area (Å²) in [5, 5.41) is 31.5. The molecule has 0 spiro atoms. The predicted octanol–water partition coefficient (Wildman–Crippen LogP) is 0.269. The molecular weight excluding hydrogens is 576 g/mol. The lowest BCUT2D eigenvalue weighted by molar-refractivity contribution is -0.142. The minimum atomic E-state index is -1.27. The number of phenols is 1. The van der Waals surface area contributed by atoms with Crippen LogP contribution in [0.3, 0.4) is 0 Å². The number of aromatic hydroxyl groups is 1. The number of phenolic OH excluding ortho intramolecular Hbond substituents is 1. The average molecular weight is 627 g/mol. The van der Waals surface area contributed by atoms with E-state index in [2.05, 4.69) is 26.3 Å². The zero-order chi connectivity index (χ0) is 33.2. The predicted molar refractivity (Wildman–Crippen MR) is 176 cm³/mol. The number of nitrogens with zero attached hydrogens (tertiary/aromatic N) is 1. The van der Waals surface area contributed by atoms with Crippen molar-refractivity contribution in [1.82, 2.24) is 21.3 Å². The fourth-order valence-electron chi connectivity index (χ4n) is 4.86. The van der Waals surface area contributed by atoms with Gasteiger partial charge in [0.2, 0.25) is 11.8 Å². The quantitative estimate of drug-likeness (QED) is 0.0521. The molecule has 13 heteroatoms. The second kappa shape index (κ2) is 20.0. The van der Waals surface area contributed by atoms with Crippen LogP contribution in [0.2, 0.25) is 0 Å². The van der Waals surface area contributed by atoms with Crippen molar-refractivity contribution in [3.8, 4) is 5.75 Å². The van der Waals surface area contributed by atoms with Crippen LogP contribution in [0.15, 0.2) is 53.5 Å². The molecule has 2 amide bonds. The van der Waals surface area contributed by atoms with Gasteiger partial charge in [0.1, 0.15) is 17.8 Å². The van der Waals surface area contributed by atoms with Gasteiger partial charge in [-0.1, -0.05) is 42.8 Å². The number of hydrogen-bond acceptors (Lipinski definition) is 8. The zero-order valence-corrected chi connectivity index (χ0v) is 26.3. The molecule has 0 saturated heterocycles. The molecule has 0 saturated carbocycles. The minimum absolute atomic E-state index is 0.00769. The smallest absolute Gasteiger partial charge is 0.326 e. The van der Waals surface area contributed by atoms with Gasteiger partial charge in [0.15, 0.2) is 5.96 Å². The van der Waals surface area contributed by atoms with Crippen molar-refractivity contribution in [2.24, 2.45) is 22.2 Å². The number of unbranched alkanes of at least 4 members (excludes halogenated alkanes) is 1. The molecule has 0 bridgehead atoms. The SMILES string of the molecule is CNCCCCC(N)CNC(Cc1ccccc1)C(=O)NC(CCCN=C(N)N)C(=O)NC(Cc1ccc(O)cc1C)C(=O)O. The molecule has 13 nitrogen and oxygen atoms in total. The highest BCUT2D eigenvalue weighted by Gasteiger charge is 2.29. The molecule has 0 fully saturated rings. The Labute approximate surface area is 265 Å². The van der Waals surface area contributed by atoms with Crippen LogP contribution in [0.5, 0.6) is 5.75 Å². The molecule has 4 unspecified atom stereocenters. The first kappa shape index (κ1) is 37.0. The standard InChI is InChI=1S/C32H50N8O5/c1-21-17-25(41)14-13-23(21)19-28(31(44)45)40-29(42)26(12-8-16-37-32(34)35)39-30(43)27(18-22-9-4-3-5-10-22)38-20-24(33)11-6-7-15-36-2/h3-5,9-10,13-14,17,24,26-28,36,38,41H,6-8,11-12,15-16,18-20,33H2,1-2H3,(H,39,43)(H,40,42)(H,44,45)(H4,34,35,37). The van der Waals surface area contributed by atoms with Crippen LogP contribution in [0.4, 0.5) is 0 Å². The second-order valence-corrected chi connectivity index (χ2v) is 11.2. The number of aliphatic carboxylic acids is 1. The molecule has 2 rings (SSSR count). The summed E-state index contributed by atoms with van der Waals surface area (Å²) >= 11 is 0. The average Bonchev–Trinajstić information content (AvgIpc) is 2.99. The number of carbonyl (C=O) groups excluding carboxylic acids is 2. The maximum atomic E-state index is 13.7. The van der Waals surface area contributed by atoms with E-state index in [0.29, 0.717) is 30.5 Å². The van der Waals surface area contributed by atoms with Gasteiger partial charge in [-0.15, -0.1) is 0 Å². The van der Waals surface area contributed by atoms with Crippen molar-refractivity contribution < 1.29 is 24.6 Å². The maximum absolute atomic E-state index is 13.7. The monoisotopic (exact) mass is 626 g/mol. The van der Waals surface area contributed by atoms with Crippen molar-refractivity contribution in [2.45, 2.75) is 76.0 Å². The molecule has 45 heavy (non-hydrogen) atoms. The van der Waals surface area contributed by atoms with Gasteiger partial charge in [0, 0.05) is 25.6 Å². The Hall–Kier alpha value is -4.20. The number of nitrogens with one attached hydrogen (secondary N) is 4. The minimum Gasteiger partial charge on any atom is -0.508 e. The normalized spacial score (nSPS) is 13.7. The van der Waals surface area contributed by atoms with E-state index in [1.807, 2.05) is 37.4 Å². The largest absolute Gasteiger partial charge is 0.508 e. The van der Waals surface area contributed by atoms with E-state index in [4.69, 9.17) is 17.2 Å². The van der Waals surface area contributed by atoms with Crippen molar-refractivity contribution >= 4 is 23.7 Å². The molecule has 4 atom stereocenters. The van der Waals surface area contributed by atoms with E-state index >= 15 is 0 Å². The highest BCUT2D eigenvalue weighted by atomic mass is 16.4. The summed E-state index contributed by atoms with van der Waals surface area (Å²) in [6, 6.07) is 10.9. The summed E-state index contributed by atoms with van der Waals surface area (Å²) < 4.78 is 0. The summed E-state index contributed by atoms with van der Waals surface area (Å²) in [7, 11) is 1.90. The Morgan fingerprint density at radius 1 is 0.889 bits per heavy atom. The van der Waals surface area contributed by atoms with Crippen molar-refractivity contribution in [3.05, 3.63) is 65.2 Å². The molecular formula is C32H50N8O5. The number of amides is 2. The second-order valence-electron chi connectivity index (χ2n) is 11.2. The topological polar surface area (TPSA) is 230 Å². The fourth-order valence-corrected chi connectivity index (χ4v) is 4.86. The molecule has 0 aromatic heterocycles. The zero-order valence-electron chi connectivity index (χ0n) is 26.3. The lowest BCUT2D eigenvalue weighted by Crippen LogP contribution is -2.56. The molecule has 248 valence electrons. The third-order valence-electron chi connectivity index (χ3n) is 7.42. The fraction of sp³-hybridized carbons (Fsp3) is 0.500. The number of benzene rings is 2. The molecule has 2 aromatic rings. The Morgan fingerprint density at radius 2 is 1.58 bits per heavy atom. The van der Waals surface area contributed by atoms with Crippen molar-refractivity contribution in [2.75, 3.05) is 26.7 Å². The van der Waals surface area contributed by atoms with Gasteiger partial charge in [-0.2, -0.15) is 0 Å². The summed E-state index contributed by atoms with van der Waals surface area (Å²) in [4.78, 5) is 43.3. The van der Waals surface area contributed by atoms with Gasteiger partial charge in [0.25, 0.3) is 0 Å². The van der Waals surface area contributed by atoms with E-state index in [0.717, 1.165) is 31.4 Å². The lowest BCUT2D eigenvalue weighted by atomic mass is 10.00. The van der Waals surface area contributed by atoms with Gasteiger partial charge >= 0.3 is 5.97 Å². The third kappa shape index (κ3) is 14.4.